The van der Waals surface area contributed by atoms with Crippen LogP contribution >= 0.6 is 11.8 Å². The number of nitrogens with zero attached hydrogens (tertiary/aromatic N) is 6. The fourth-order valence-electron chi connectivity index (χ4n) is 1.43. The normalized spacial score (nSPS) is 12.6. The maximum absolute atomic E-state index is 4.47. The molecule has 1 N–H and O–H groups in total. The van der Waals surface area contributed by atoms with Crippen molar-refractivity contribution < 1.29 is 0 Å². The molecule has 0 amide bonds. The molecule has 7 nitrogen and oxygen atoms in total. The minimum absolute atomic E-state index is 0.426. The van der Waals surface area contributed by atoms with E-state index in [1.54, 1.807) is 22.8 Å². The van der Waals surface area contributed by atoms with Gasteiger partial charge in [0.2, 0.25) is 5.95 Å². The van der Waals surface area contributed by atoms with Gasteiger partial charge in [0.1, 0.15) is 12.7 Å². The third-order valence-corrected chi connectivity index (χ3v) is 4.30. The van der Waals surface area contributed by atoms with Gasteiger partial charge in [0.05, 0.1) is 0 Å². The van der Waals surface area contributed by atoms with Crippen LogP contribution in [0.1, 0.15) is 34.1 Å². The van der Waals surface area contributed by atoms with E-state index in [9.17, 15) is 0 Å². The van der Waals surface area contributed by atoms with Gasteiger partial charge in [-0.2, -0.15) is 24.7 Å². The van der Waals surface area contributed by atoms with Crippen LogP contribution in [-0.4, -0.2) is 41.5 Å². The van der Waals surface area contributed by atoms with E-state index in [-0.39, 0.29) is 0 Å². The maximum atomic E-state index is 4.47. The highest BCUT2D eigenvalue weighted by Crippen LogP contribution is 2.25. The highest BCUT2D eigenvalue weighted by Gasteiger charge is 2.14. The molecule has 0 spiro atoms. The average Bonchev–Trinajstić information content (AvgIpc) is 2.99. The topological polar surface area (TPSA) is 81.4 Å². The molecule has 8 heteroatoms. The van der Waals surface area contributed by atoms with Crippen molar-refractivity contribution in [1.82, 2.24) is 29.7 Å². The molecule has 0 fully saturated rings. The van der Waals surface area contributed by atoms with Gasteiger partial charge < -0.3 is 5.32 Å². The van der Waals surface area contributed by atoms with Crippen molar-refractivity contribution in [1.29, 1.82) is 0 Å². The Bertz CT molecular complexity index is 556. The summed E-state index contributed by atoms with van der Waals surface area (Å²) in [7, 11) is 0. The van der Waals surface area contributed by atoms with Gasteiger partial charge in [-0.1, -0.05) is 39.5 Å². The Balaban J connectivity index is 2.28. The number of nitrogens with one attached hydrogen (secondary N) is 1. The highest BCUT2D eigenvalue weighted by molar-refractivity contribution is 7.99. The smallest absolute Gasteiger partial charge is 0.257 e. The fraction of sp³-hybridized carbons (Fsp3) is 0.615. The fourth-order valence-corrected chi connectivity index (χ4v) is 2.31. The van der Waals surface area contributed by atoms with Crippen LogP contribution < -0.4 is 5.32 Å². The van der Waals surface area contributed by atoms with Gasteiger partial charge >= 0.3 is 0 Å². The number of rotatable bonds is 7. The highest BCUT2D eigenvalue weighted by atomic mass is 32.2. The van der Waals surface area contributed by atoms with Crippen LogP contribution in [0.5, 0.6) is 0 Å². The molecule has 114 valence electrons. The summed E-state index contributed by atoms with van der Waals surface area (Å²) in [6.07, 6.45) is 4.06. The average molecular weight is 307 g/mol. The van der Waals surface area contributed by atoms with E-state index in [2.05, 4.69) is 58.0 Å². The van der Waals surface area contributed by atoms with Gasteiger partial charge in [0.15, 0.2) is 5.16 Å². The van der Waals surface area contributed by atoms with Crippen LogP contribution in [0, 0.1) is 5.92 Å². The number of anilines is 1. The number of thioether (sulfide) groups is 1. The van der Waals surface area contributed by atoms with Gasteiger partial charge in [-0.3, -0.25) is 0 Å². The van der Waals surface area contributed by atoms with E-state index in [0.717, 1.165) is 13.0 Å². The van der Waals surface area contributed by atoms with Gasteiger partial charge in [-0.15, -0.1) is 0 Å². The molecule has 1 unspecified atom stereocenters. The Morgan fingerprint density at radius 1 is 1.24 bits per heavy atom. The SMILES string of the molecule is CCCNc1nc(SC(C)C(C)C)nc(-n2cncn2)n1. The molecular weight excluding hydrogens is 286 g/mol. The number of aromatic nitrogens is 6. The van der Waals surface area contributed by atoms with E-state index in [0.29, 0.717) is 28.2 Å². The zero-order valence-corrected chi connectivity index (χ0v) is 13.6. The number of hydrogen-bond donors (Lipinski definition) is 1. The lowest BCUT2D eigenvalue weighted by Gasteiger charge is -2.14. The standard InChI is InChI=1S/C13H21N7S/c1-5-6-15-11-17-12(20-8-14-7-16-20)19-13(18-11)21-10(4)9(2)3/h7-10H,5-6H2,1-4H3,(H,15,17,18,19). The van der Waals surface area contributed by atoms with Crippen molar-refractivity contribution in [3.05, 3.63) is 12.7 Å². The molecule has 0 aliphatic rings. The molecule has 2 aromatic rings. The van der Waals surface area contributed by atoms with Crippen molar-refractivity contribution in [2.45, 2.75) is 44.5 Å². The Hall–Kier alpha value is -1.70. The lowest BCUT2D eigenvalue weighted by Crippen LogP contribution is -2.12. The predicted octanol–water partition coefficient (Wildman–Crippen LogP) is 2.41. The van der Waals surface area contributed by atoms with E-state index in [1.807, 2.05) is 0 Å². The van der Waals surface area contributed by atoms with Gasteiger partial charge in [0.25, 0.3) is 5.95 Å². The molecular formula is C13H21N7S. The maximum Gasteiger partial charge on any atom is 0.257 e. The van der Waals surface area contributed by atoms with Crippen molar-refractivity contribution in [3.63, 3.8) is 0 Å². The van der Waals surface area contributed by atoms with E-state index < -0.39 is 0 Å². The molecule has 2 aromatic heterocycles. The summed E-state index contributed by atoms with van der Waals surface area (Å²) >= 11 is 1.65. The molecule has 21 heavy (non-hydrogen) atoms. The second-order valence-corrected chi connectivity index (χ2v) is 6.42. The molecule has 0 bridgehead atoms. The third-order valence-electron chi connectivity index (χ3n) is 2.99. The van der Waals surface area contributed by atoms with Crippen molar-refractivity contribution in [2.75, 3.05) is 11.9 Å². The monoisotopic (exact) mass is 307 g/mol. The Morgan fingerprint density at radius 2 is 2.05 bits per heavy atom. The lowest BCUT2D eigenvalue weighted by molar-refractivity contribution is 0.639. The molecule has 0 aromatic carbocycles. The van der Waals surface area contributed by atoms with Crippen molar-refractivity contribution >= 4 is 17.7 Å². The van der Waals surface area contributed by atoms with Crippen LogP contribution in [0.15, 0.2) is 17.8 Å². The first-order valence-corrected chi connectivity index (χ1v) is 7.99. The summed E-state index contributed by atoms with van der Waals surface area (Å²) in [6, 6.07) is 0. The first kappa shape index (κ1) is 15.7. The number of hydrogen-bond acceptors (Lipinski definition) is 7. The first-order valence-electron chi connectivity index (χ1n) is 7.11. The Kier molecular flexibility index (Phi) is 5.49. The second kappa shape index (κ2) is 7.35. The van der Waals surface area contributed by atoms with Gasteiger partial charge in [-0.05, 0) is 12.3 Å². The molecule has 0 saturated heterocycles. The summed E-state index contributed by atoms with van der Waals surface area (Å²) in [4.78, 5) is 17.3. The molecule has 0 aliphatic carbocycles. The largest absolute Gasteiger partial charge is 0.354 e. The second-order valence-electron chi connectivity index (χ2n) is 5.08. The van der Waals surface area contributed by atoms with E-state index in [1.165, 1.54) is 6.33 Å². The summed E-state index contributed by atoms with van der Waals surface area (Å²) in [5.74, 6) is 1.61. The lowest BCUT2D eigenvalue weighted by atomic mass is 10.2. The predicted molar refractivity (Wildman–Crippen MR) is 83.7 cm³/mol. The molecule has 0 saturated carbocycles. The van der Waals surface area contributed by atoms with Crippen LogP contribution in [0.25, 0.3) is 5.95 Å². The summed E-state index contributed by atoms with van der Waals surface area (Å²) in [5, 5.41) is 8.41. The van der Waals surface area contributed by atoms with Crippen LogP contribution in [-0.2, 0) is 0 Å². The molecule has 1 atom stereocenters. The quantitative estimate of drug-likeness (QED) is 0.787. The Morgan fingerprint density at radius 3 is 2.67 bits per heavy atom. The zero-order valence-electron chi connectivity index (χ0n) is 12.8. The van der Waals surface area contributed by atoms with Crippen molar-refractivity contribution in [3.8, 4) is 5.95 Å². The Labute approximate surface area is 129 Å². The van der Waals surface area contributed by atoms with Gasteiger partial charge in [-0.25, -0.2) is 4.98 Å². The summed E-state index contributed by atoms with van der Waals surface area (Å²) in [6.45, 7) is 9.47. The minimum atomic E-state index is 0.426. The summed E-state index contributed by atoms with van der Waals surface area (Å²) < 4.78 is 1.54. The molecule has 0 aliphatic heterocycles. The van der Waals surface area contributed by atoms with E-state index in [4.69, 9.17) is 0 Å². The third kappa shape index (κ3) is 4.38. The van der Waals surface area contributed by atoms with Crippen LogP contribution in [0.4, 0.5) is 5.95 Å². The molecule has 2 heterocycles. The van der Waals surface area contributed by atoms with E-state index >= 15 is 0 Å². The van der Waals surface area contributed by atoms with Gasteiger partial charge in [0, 0.05) is 11.8 Å². The molecule has 0 radical (unpaired) electrons. The molecule has 2 rings (SSSR count). The first-order chi connectivity index (χ1) is 10.1. The van der Waals surface area contributed by atoms with Crippen molar-refractivity contribution in [2.24, 2.45) is 5.92 Å². The summed E-state index contributed by atoms with van der Waals surface area (Å²) in [5.41, 5.74) is 0. The minimum Gasteiger partial charge on any atom is -0.354 e. The van der Waals surface area contributed by atoms with Crippen LogP contribution in [0.2, 0.25) is 0 Å². The zero-order chi connectivity index (χ0) is 15.2. The van der Waals surface area contributed by atoms with Crippen LogP contribution in [0.3, 0.4) is 0 Å².